The van der Waals surface area contributed by atoms with Gasteiger partial charge in [-0.15, -0.1) is 0 Å². The number of ether oxygens (including phenoxy) is 1. The number of para-hydroxylation sites is 1. The first-order chi connectivity index (χ1) is 7.94. The molecule has 0 saturated heterocycles. The van der Waals surface area contributed by atoms with Gasteiger partial charge in [0.25, 0.3) is 16.5 Å². The zero-order valence-corrected chi connectivity index (χ0v) is 10.8. The van der Waals surface area contributed by atoms with E-state index < -0.39 is 30.2 Å². The molecule has 0 aliphatic carbocycles. The third kappa shape index (κ3) is 4.79. The summed E-state index contributed by atoms with van der Waals surface area (Å²) in [6, 6.07) is 6.58. The van der Waals surface area contributed by atoms with Crippen molar-refractivity contribution in [3.05, 3.63) is 29.8 Å². The Hall–Kier alpha value is -1.01. The van der Waals surface area contributed by atoms with Crippen molar-refractivity contribution in [1.29, 1.82) is 0 Å². The first-order valence-electron chi connectivity index (χ1n) is 4.57. The van der Waals surface area contributed by atoms with Crippen LogP contribution in [-0.2, 0) is 24.6 Å². The van der Waals surface area contributed by atoms with Gasteiger partial charge in [0, 0.05) is 5.56 Å². The fourth-order valence-electron chi connectivity index (χ4n) is 1.18. The summed E-state index contributed by atoms with van der Waals surface area (Å²) in [5, 5.41) is 0. The highest BCUT2D eigenvalue weighted by Crippen LogP contribution is 2.22. The van der Waals surface area contributed by atoms with Gasteiger partial charge in [-0.25, -0.2) is 4.18 Å². The molecule has 0 radical (unpaired) electrons. The number of benzene rings is 1. The summed E-state index contributed by atoms with van der Waals surface area (Å²) >= 11 is 0. The lowest BCUT2D eigenvalue weighted by molar-refractivity contribution is 0.353. The molecule has 0 fully saturated rings. The molecule has 94 valence electrons. The van der Waals surface area contributed by atoms with E-state index in [0.717, 1.165) is 0 Å². The Morgan fingerprint density at radius 3 is 2.59 bits per heavy atom. The Morgan fingerprint density at radius 1 is 1.35 bits per heavy atom. The van der Waals surface area contributed by atoms with Gasteiger partial charge in [0.2, 0.25) is 0 Å². The fourth-order valence-corrected chi connectivity index (χ4v) is 2.89. The molecule has 0 aromatic heterocycles. The Kier molecular flexibility index (Phi) is 5.02. The first kappa shape index (κ1) is 14.1. The summed E-state index contributed by atoms with van der Waals surface area (Å²) in [6.07, 6.45) is -0.729. The highest BCUT2D eigenvalue weighted by Gasteiger charge is 2.21. The van der Waals surface area contributed by atoms with Crippen LogP contribution in [0.3, 0.4) is 0 Å². The van der Waals surface area contributed by atoms with Crippen LogP contribution < -0.4 is 4.74 Å². The minimum atomic E-state index is -3.89. The van der Waals surface area contributed by atoms with Gasteiger partial charge < -0.3 is 4.74 Å². The molecule has 1 aromatic rings. The number of rotatable bonds is 6. The van der Waals surface area contributed by atoms with Crippen molar-refractivity contribution in [2.45, 2.75) is 5.75 Å². The predicted octanol–water partition coefficient (Wildman–Crippen LogP) is 1.23. The van der Waals surface area contributed by atoms with Gasteiger partial charge in [0.15, 0.2) is 0 Å². The van der Waals surface area contributed by atoms with Gasteiger partial charge in [0.1, 0.15) is 11.5 Å². The molecule has 0 spiro atoms. The zero-order valence-electron chi connectivity index (χ0n) is 9.07. The smallest absolute Gasteiger partial charge is 0.496 e. The number of methoxy groups -OCH3 is 1. The Labute approximate surface area is 100 Å². The van der Waals surface area contributed by atoms with Crippen LogP contribution in [0.2, 0.25) is 0 Å². The Morgan fingerprint density at radius 2 is 2.00 bits per heavy atom. The van der Waals surface area contributed by atoms with Crippen molar-refractivity contribution in [3.8, 4) is 5.75 Å². The fraction of sp³-hybridized carbons (Fsp3) is 0.333. The predicted molar refractivity (Wildman–Crippen MR) is 61.4 cm³/mol. The monoisotopic (exact) mass is 279 g/mol. The average molecular weight is 279 g/mol. The van der Waals surface area contributed by atoms with Crippen LogP contribution in [0, 0.1) is 0 Å². The van der Waals surface area contributed by atoms with E-state index in [-0.39, 0.29) is 0 Å². The normalized spacial score (nSPS) is 12.2. The van der Waals surface area contributed by atoms with Crippen molar-refractivity contribution in [2.24, 2.45) is 0 Å². The van der Waals surface area contributed by atoms with Gasteiger partial charge in [-0.3, -0.25) is 0 Å². The summed E-state index contributed by atoms with van der Waals surface area (Å²) in [4.78, 5) is 8.48. The van der Waals surface area contributed by atoms with Crippen molar-refractivity contribution in [1.82, 2.24) is 0 Å². The molecule has 6 nitrogen and oxygen atoms in total. The minimum absolute atomic E-state index is 0.403. The molecule has 0 heterocycles. The second kappa shape index (κ2) is 6.07. The molecule has 1 N–H and O–H groups in total. The van der Waals surface area contributed by atoms with Crippen LogP contribution in [0.4, 0.5) is 0 Å². The van der Waals surface area contributed by atoms with Gasteiger partial charge in [-0.2, -0.15) is 13.3 Å². The number of hydrogen-bond donors (Lipinski definition) is 1. The third-order valence-electron chi connectivity index (χ3n) is 1.87. The lowest BCUT2D eigenvalue weighted by atomic mass is 10.2. The van der Waals surface area contributed by atoms with Crippen molar-refractivity contribution in [3.63, 3.8) is 0 Å². The standard InChI is InChI=1S/C9H11O6PS/c1-14-9-5-3-2-4-8(9)6-17(12,13)15-7-16(10)11/h2-5H,6-7H2,1H3/p+1. The number of hydrogen-bond acceptors (Lipinski definition) is 5. The second-order valence-electron chi connectivity index (χ2n) is 3.11. The van der Waals surface area contributed by atoms with Crippen LogP contribution in [0.1, 0.15) is 5.56 Å². The topological polar surface area (TPSA) is 89.9 Å². The van der Waals surface area contributed by atoms with E-state index in [4.69, 9.17) is 9.63 Å². The SMILES string of the molecule is COc1ccccc1CS(=O)(=O)OC[P+](=O)O. The van der Waals surface area contributed by atoms with Crippen LogP contribution >= 0.6 is 8.03 Å². The average Bonchev–Trinajstić information content (AvgIpc) is 2.27. The largest absolute Gasteiger partial charge is 0.535 e. The van der Waals surface area contributed by atoms with Gasteiger partial charge in [-0.1, -0.05) is 18.2 Å². The summed E-state index contributed by atoms with van der Waals surface area (Å²) in [5.41, 5.74) is 0.433. The van der Waals surface area contributed by atoms with E-state index in [1.807, 2.05) is 0 Å². The lowest BCUT2D eigenvalue weighted by Gasteiger charge is -2.07. The minimum Gasteiger partial charge on any atom is -0.496 e. The molecule has 0 bridgehead atoms. The molecule has 0 aliphatic rings. The molecule has 1 aromatic carbocycles. The second-order valence-corrected chi connectivity index (χ2v) is 5.72. The van der Waals surface area contributed by atoms with Crippen LogP contribution in [0.15, 0.2) is 24.3 Å². The highest BCUT2D eigenvalue weighted by atomic mass is 32.2. The first-order valence-corrected chi connectivity index (χ1v) is 7.54. The molecule has 1 rings (SSSR count). The maximum atomic E-state index is 11.5. The molecular formula is C9H12O6PS+. The molecule has 1 unspecified atom stereocenters. The van der Waals surface area contributed by atoms with Crippen LogP contribution in [0.5, 0.6) is 5.75 Å². The third-order valence-corrected chi connectivity index (χ3v) is 3.53. The maximum Gasteiger partial charge on any atom is 0.535 e. The van der Waals surface area contributed by atoms with E-state index in [2.05, 4.69) is 4.18 Å². The molecule has 1 atom stereocenters. The summed E-state index contributed by atoms with van der Waals surface area (Å²) < 4.78 is 42.6. The van der Waals surface area contributed by atoms with E-state index in [1.54, 1.807) is 24.3 Å². The highest BCUT2D eigenvalue weighted by molar-refractivity contribution is 7.86. The molecule has 17 heavy (non-hydrogen) atoms. The van der Waals surface area contributed by atoms with Gasteiger partial charge >= 0.3 is 8.03 Å². The van der Waals surface area contributed by atoms with Crippen molar-refractivity contribution in [2.75, 3.05) is 13.5 Å². The van der Waals surface area contributed by atoms with E-state index in [1.165, 1.54) is 7.11 Å². The Bertz CT molecular complexity index is 498. The summed E-state index contributed by atoms with van der Waals surface area (Å²) in [5.74, 6) is 0.0215. The molecular weight excluding hydrogens is 267 g/mol. The molecule has 0 saturated carbocycles. The van der Waals surface area contributed by atoms with Crippen LogP contribution in [0.25, 0.3) is 0 Å². The quantitative estimate of drug-likeness (QED) is 0.622. The molecule has 0 amide bonds. The van der Waals surface area contributed by atoms with Crippen LogP contribution in [-0.4, -0.2) is 26.8 Å². The maximum absolute atomic E-state index is 11.5. The van der Waals surface area contributed by atoms with E-state index >= 15 is 0 Å². The van der Waals surface area contributed by atoms with Gasteiger partial charge in [0.05, 0.1) is 7.11 Å². The van der Waals surface area contributed by atoms with Gasteiger partial charge in [-0.05, 0) is 10.6 Å². The van der Waals surface area contributed by atoms with Crippen molar-refractivity contribution < 1.29 is 26.8 Å². The van der Waals surface area contributed by atoms with Crippen molar-refractivity contribution >= 4 is 18.1 Å². The molecule has 8 heteroatoms. The Balaban J connectivity index is 2.79. The zero-order chi connectivity index (χ0) is 12.9. The lowest BCUT2D eigenvalue weighted by Crippen LogP contribution is -2.09. The van der Waals surface area contributed by atoms with E-state index in [0.29, 0.717) is 11.3 Å². The summed E-state index contributed by atoms with van der Waals surface area (Å²) in [6.45, 7) is 0. The summed E-state index contributed by atoms with van der Waals surface area (Å²) in [7, 11) is -5.09. The molecule has 0 aliphatic heterocycles. The van der Waals surface area contributed by atoms with E-state index in [9.17, 15) is 13.0 Å².